The summed E-state index contributed by atoms with van der Waals surface area (Å²) in [5, 5.41) is 2.59. The highest BCUT2D eigenvalue weighted by Crippen LogP contribution is 2.28. The number of esters is 1. The van der Waals surface area contributed by atoms with Gasteiger partial charge in [-0.25, -0.2) is 18.2 Å². The second-order valence-electron chi connectivity index (χ2n) is 8.12. The molecule has 3 heterocycles. The third-order valence-corrected chi connectivity index (χ3v) is 8.40. The first-order valence-corrected chi connectivity index (χ1v) is 13.7. The maximum absolute atomic E-state index is 13.0. The van der Waals surface area contributed by atoms with Crippen LogP contribution in [0.5, 0.6) is 0 Å². The molecule has 33 heavy (non-hydrogen) atoms. The number of unbranched alkanes of at least 4 members (excludes halogenated alkanes) is 1. The Labute approximate surface area is 197 Å². The van der Waals surface area contributed by atoms with Crippen LogP contribution in [-0.2, 0) is 19.4 Å². The molecule has 0 bridgehead atoms. The summed E-state index contributed by atoms with van der Waals surface area (Å²) in [7, 11) is -3.13. The number of fused-ring (bicyclic) bond motifs is 1. The molecule has 0 radical (unpaired) electrons. The molecule has 0 saturated carbocycles. The van der Waals surface area contributed by atoms with E-state index >= 15 is 0 Å². The van der Waals surface area contributed by atoms with Gasteiger partial charge in [0.15, 0.2) is 16.4 Å². The fourth-order valence-electron chi connectivity index (χ4n) is 4.04. The molecule has 1 aromatic carbocycles. The summed E-state index contributed by atoms with van der Waals surface area (Å²) < 4.78 is 29.3. The minimum absolute atomic E-state index is 0.0322. The molecule has 1 aliphatic rings. The number of aromatic nitrogens is 1. The van der Waals surface area contributed by atoms with Crippen LogP contribution in [0.25, 0.3) is 21.5 Å². The number of para-hydroxylation sites is 1. The quantitative estimate of drug-likeness (QED) is 0.448. The molecule has 9 heteroatoms. The number of carbonyl (C=O) groups excluding carboxylic acids is 2. The van der Waals surface area contributed by atoms with E-state index in [0.717, 1.165) is 17.7 Å². The lowest BCUT2D eigenvalue weighted by Crippen LogP contribution is -2.43. The average molecular weight is 487 g/mol. The van der Waals surface area contributed by atoms with Gasteiger partial charge in [0.25, 0.3) is 5.91 Å². The van der Waals surface area contributed by atoms with Gasteiger partial charge in [-0.2, -0.15) is 0 Å². The fraction of sp³-hybridized carbons (Fsp3) is 0.375. The number of sulfone groups is 1. The Morgan fingerprint density at radius 2 is 2.03 bits per heavy atom. The lowest BCUT2D eigenvalue weighted by molar-refractivity contribution is -0.136. The third kappa shape index (κ3) is 5.42. The summed E-state index contributed by atoms with van der Waals surface area (Å²) in [4.78, 5) is 33.1. The van der Waals surface area contributed by atoms with Gasteiger partial charge in [-0.05, 0) is 36.4 Å². The number of rotatable bonds is 8. The molecule has 3 aromatic rings. The zero-order chi connectivity index (χ0) is 23.4. The van der Waals surface area contributed by atoms with E-state index in [1.54, 1.807) is 17.0 Å². The Kier molecular flexibility index (Phi) is 7.09. The monoisotopic (exact) mass is 486 g/mol. The molecule has 1 amide bonds. The van der Waals surface area contributed by atoms with Gasteiger partial charge in [0, 0.05) is 18.0 Å². The highest BCUT2D eigenvalue weighted by molar-refractivity contribution is 7.91. The molecule has 0 spiro atoms. The standard InChI is InChI=1S/C24H26N2O5S2/c1-2-3-11-26(17-10-13-33(29,30)16-17)23(27)15-31-24(28)19-14-21(22-9-6-12-32-22)25-20-8-5-4-7-18(19)20/h4-9,12,14,17H,2-3,10-11,13,15-16H2,1H3. The van der Waals surface area contributed by atoms with Crippen LogP contribution in [0.3, 0.4) is 0 Å². The number of benzene rings is 1. The van der Waals surface area contributed by atoms with Crippen molar-refractivity contribution in [3.05, 3.63) is 53.4 Å². The van der Waals surface area contributed by atoms with Crippen LogP contribution in [0.4, 0.5) is 0 Å². The molecule has 1 aliphatic heterocycles. The van der Waals surface area contributed by atoms with Crippen molar-refractivity contribution in [2.45, 2.75) is 32.2 Å². The SMILES string of the molecule is CCCCN(C(=O)COC(=O)c1cc(-c2cccs2)nc2ccccc12)C1CCS(=O)(=O)C1. The van der Waals surface area contributed by atoms with E-state index in [2.05, 4.69) is 4.98 Å². The Morgan fingerprint density at radius 3 is 2.73 bits per heavy atom. The predicted molar refractivity (Wildman–Crippen MR) is 129 cm³/mol. The van der Waals surface area contributed by atoms with Crippen LogP contribution in [-0.4, -0.2) is 60.9 Å². The molecule has 0 N–H and O–H groups in total. The summed E-state index contributed by atoms with van der Waals surface area (Å²) in [6.45, 7) is 2.03. The van der Waals surface area contributed by atoms with Crippen molar-refractivity contribution in [2.75, 3.05) is 24.7 Å². The average Bonchev–Trinajstić information content (AvgIpc) is 3.47. The maximum atomic E-state index is 13.0. The van der Waals surface area contributed by atoms with E-state index in [9.17, 15) is 18.0 Å². The van der Waals surface area contributed by atoms with Crippen LogP contribution in [0.2, 0.25) is 0 Å². The molecule has 1 atom stereocenters. The zero-order valence-corrected chi connectivity index (χ0v) is 20.0. The van der Waals surface area contributed by atoms with E-state index in [-0.39, 0.29) is 23.5 Å². The fourth-order valence-corrected chi connectivity index (χ4v) is 6.46. The van der Waals surface area contributed by atoms with Gasteiger partial charge in [0.05, 0.1) is 33.2 Å². The van der Waals surface area contributed by atoms with E-state index in [4.69, 9.17) is 4.74 Å². The highest BCUT2D eigenvalue weighted by Gasteiger charge is 2.34. The molecule has 4 rings (SSSR count). The zero-order valence-electron chi connectivity index (χ0n) is 18.4. The Morgan fingerprint density at radius 1 is 1.21 bits per heavy atom. The molecular formula is C24H26N2O5S2. The number of hydrogen-bond acceptors (Lipinski definition) is 7. The number of thiophene rings is 1. The molecule has 1 unspecified atom stereocenters. The highest BCUT2D eigenvalue weighted by atomic mass is 32.2. The van der Waals surface area contributed by atoms with Crippen molar-refractivity contribution in [1.82, 2.24) is 9.88 Å². The Bertz CT molecular complexity index is 1260. The van der Waals surface area contributed by atoms with Gasteiger partial charge in [0.1, 0.15) is 0 Å². The van der Waals surface area contributed by atoms with Gasteiger partial charge in [-0.3, -0.25) is 4.79 Å². The number of carbonyl (C=O) groups is 2. The molecule has 7 nitrogen and oxygen atoms in total. The van der Waals surface area contributed by atoms with Crippen LogP contribution >= 0.6 is 11.3 Å². The minimum Gasteiger partial charge on any atom is -0.452 e. The second-order valence-corrected chi connectivity index (χ2v) is 11.3. The molecular weight excluding hydrogens is 460 g/mol. The second kappa shape index (κ2) is 10.0. The van der Waals surface area contributed by atoms with E-state index < -0.39 is 22.4 Å². The van der Waals surface area contributed by atoms with Gasteiger partial charge in [-0.1, -0.05) is 37.6 Å². The molecule has 1 saturated heterocycles. The largest absolute Gasteiger partial charge is 0.452 e. The first-order chi connectivity index (χ1) is 15.9. The van der Waals surface area contributed by atoms with E-state index in [1.165, 1.54) is 11.3 Å². The number of amides is 1. The third-order valence-electron chi connectivity index (χ3n) is 5.76. The molecule has 0 aliphatic carbocycles. The summed E-state index contributed by atoms with van der Waals surface area (Å²) in [6, 6.07) is 12.5. The minimum atomic E-state index is -3.13. The van der Waals surface area contributed by atoms with Crippen molar-refractivity contribution in [1.29, 1.82) is 0 Å². The van der Waals surface area contributed by atoms with Crippen molar-refractivity contribution < 1.29 is 22.7 Å². The molecule has 1 fully saturated rings. The first kappa shape index (κ1) is 23.4. The van der Waals surface area contributed by atoms with Crippen LogP contribution in [0.15, 0.2) is 47.8 Å². The topological polar surface area (TPSA) is 93.6 Å². The lowest BCUT2D eigenvalue weighted by Gasteiger charge is -2.28. The lowest BCUT2D eigenvalue weighted by atomic mass is 10.1. The first-order valence-electron chi connectivity index (χ1n) is 11.0. The number of hydrogen-bond donors (Lipinski definition) is 0. The smallest absolute Gasteiger partial charge is 0.339 e. The number of nitrogens with zero attached hydrogens (tertiary/aromatic N) is 2. The van der Waals surface area contributed by atoms with Gasteiger partial charge in [-0.15, -0.1) is 11.3 Å². The maximum Gasteiger partial charge on any atom is 0.339 e. The summed E-state index contributed by atoms with van der Waals surface area (Å²) >= 11 is 1.52. The summed E-state index contributed by atoms with van der Waals surface area (Å²) in [6.07, 6.45) is 2.05. The van der Waals surface area contributed by atoms with Crippen LogP contribution in [0, 0.1) is 0 Å². The van der Waals surface area contributed by atoms with E-state index in [1.807, 2.05) is 42.6 Å². The van der Waals surface area contributed by atoms with Crippen molar-refractivity contribution in [3.63, 3.8) is 0 Å². The summed E-state index contributed by atoms with van der Waals surface area (Å²) in [5.74, 6) is -0.915. The van der Waals surface area contributed by atoms with Crippen molar-refractivity contribution in [2.24, 2.45) is 0 Å². The van der Waals surface area contributed by atoms with Crippen molar-refractivity contribution in [3.8, 4) is 10.6 Å². The Hall–Kier alpha value is -2.78. The van der Waals surface area contributed by atoms with Gasteiger partial charge >= 0.3 is 5.97 Å². The number of pyridine rings is 1. The molecule has 174 valence electrons. The Balaban J connectivity index is 1.53. The van der Waals surface area contributed by atoms with Crippen molar-refractivity contribution >= 4 is 44.0 Å². The van der Waals surface area contributed by atoms with Crippen LogP contribution < -0.4 is 0 Å². The summed E-state index contributed by atoms with van der Waals surface area (Å²) in [5.41, 5.74) is 1.69. The predicted octanol–water partition coefficient (Wildman–Crippen LogP) is 3.94. The van der Waals surface area contributed by atoms with Gasteiger partial charge < -0.3 is 9.64 Å². The van der Waals surface area contributed by atoms with Gasteiger partial charge in [0.2, 0.25) is 0 Å². The normalized spacial score (nSPS) is 17.2. The van der Waals surface area contributed by atoms with Crippen LogP contribution in [0.1, 0.15) is 36.5 Å². The molecule has 2 aromatic heterocycles. The van der Waals surface area contributed by atoms with E-state index in [0.29, 0.717) is 35.1 Å². The number of ether oxygens (including phenoxy) is 1.